The van der Waals surface area contributed by atoms with Crippen molar-refractivity contribution in [3.8, 4) is 11.3 Å². The van der Waals surface area contributed by atoms with Crippen LogP contribution in [-0.2, 0) is 10.3 Å². The Balaban J connectivity index is 1.38. The average molecular weight is 410 g/mol. The quantitative estimate of drug-likeness (QED) is 0.408. The molecule has 8 heteroatoms. The van der Waals surface area contributed by atoms with Crippen molar-refractivity contribution in [1.29, 1.82) is 0 Å². The molecule has 0 radical (unpaired) electrons. The first-order valence-electron chi connectivity index (χ1n) is 10.1. The zero-order valence-corrected chi connectivity index (χ0v) is 16.5. The predicted octanol–water partition coefficient (Wildman–Crippen LogP) is 4.14. The molecule has 1 aliphatic rings. The number of amides is 1. The fraction of sp³-hybridized carbons (Fsp3) is 0.364. The van der Waals surface area contributed by atoms with Gasteiger partial charge in [-0.05, 0) is 49.1 Å². The molecule has 0 bridgehead atoms. The second-order valence-corrected chi connectivity index (χ2v) is 7.60. The number of nitrogens with zero attached hydrogens (tertiary/aromatic N) is 2. The van der Waals surface area contributed by atoms with E-state index in [2.05, 4.69) is 20.3 Å². The molecule has 156 valence electrons. The van der Waals surface area contributed by atoms with Crippen LogP contribution in [0.1, 0.15) is 61.5 Å². The summed E-state index contributed by atoms with van der Waals surface area (Å²) in [6, 6.07) is 6.19. The van der Waals surface area contributed by atoms with Gasteiger partial charge in [-0.2, -0.15) is 0 Å². The Morgan fingerprint density at radius 3 is 2.70 bits per heavy atom. The lowest BCUT2D eigenvalue weighted by Gasteiger charge is -2.27. The highest BCUT2D eigenvalue weighted by molar-refractivity contribution is 5.91. The number of carbonyl (C=O) groups excluding carboxylic acids is 2. The van der Waals surface area contributed by atoms with Crippen LogP contribution < -0.4 is 5.32 Å². The molecule has 4 rings (SSSR count). The third-order valence-corrected chi connectivity index (χ3v) is 5.52. The molecule has 1 amide bonds. The predicted molar refractivity (Wildman–Crippen MR) is 107 cm³/mol. The van der Waals surface area contributed by atoms with Crippen LogP contribution in [0.25, 0.3) is 11.3 Å². The van der Waals surface area contributed by atoms with E-state index in [0.717, 1.165) is 36.9 Å². The van der Waals surface area contributed by atoms with Crippen molar-refractivity contribution in [3.05, 3.63) is 60.5 Å². The van der Waals surface area contributed by atoms with Gasteiger partial charge in [-0.1, -0.05) is 12.8 Å². The van der Waals surface area contributed by atoms with Crippen molar-refractivity contribution in [2.24, 2.45) is 0 Å². The van der Waals surface area contributed by atoms with E-state index in [1.54, 1.807) is 18.3 Å². The van der Waals surface area contributed by atoms with Gasteiger partial charge in [0.1, 0.15) is 17.9 Å². The van der Waals surface area contributed by atoms with E-state index in [-0.39, 0.29) is 23.4 Å². The van der Waals surface area contributed by atoms with Crippen LogP contribution in [0.5, 0.6) is 0 Å². The number of Topliss-reactive ketones (excluding diaryl/α,β-unsaturated/α-hetero) is 1. The molecule has 1 saturated heterocycles. The first-order valence-corrected chi connectivity index (χ1v) is 10.1. The number of halogens is 1. The van der Waals surface area contributed by atoms with E-state index in [0.29, 0.717) is 25.1 Å². The monoisotopic (exact) mass is 410 g/mol. The van der Waals surface area contributed by atoms with Gasteiger partial charge in [-0.3, -0.25) is 9.59 Å². The van der Waals surface area contributed by atoms with Gasteiger partial charge in [-0.25, -0.2) is 14.4 Å². The van der Waals surface area contributed by atoms with Crippen LogP contribution in [0, 0.1) is 5.82 Å². The third-order valence-electron chi connectivity index (χ3n) is 5.52. The summed E-state index contributed by atoms with van der Waals surface area (Å²) in [5, 5.41) is 3.10. The highest BCUT2D eigenvalue weighted by Gasteiger charge is 2.41. The molecule has 1 atom stereocenters. The molecular formula is C22H23FN4O3. The molecule has 1 fully saturated rings. The number of hydrogen-bond acceptors (Lipinski definition) is 5. The fourth-order valence-corrected chi connectivity index (χ4v) is 3.90. The van der Waals surface area contributed by atoms with E-state index in [1.165, 1.54) is 24.6 Å². The normalized spacial score (nSPS) is 18.5. The zero-order chi connectivity index (χ0) is 21.0. The molecule has 2 aromatic heterocycles. The molecular weight excluding hydrogens is 387 g/mol. The van der Waals surface area contributed by atoms with Gasteiger partial charge < -0.3 is 14.7 Å². The number of aromatic nitrogens is 3. The molecule has 3 aromatic rings. The van der Waals surface area contributed by atoms with Gasteiger partial charge in [0.2, 0.25) is 11.7 Å². The van der Waals surface area contributed by atoms with Crippen LogP contribution in [-0.4, -0.2) is 26.6 Å². The standard InChI is InChI=1S/C22H23FN4O3/c23-16-7-5-15(6-8-16)17-14-25-21(26-17)22(11-9-19(29)27-22)10-3-1-2-4-18(28)20-24-12-13-30-20/h5-8,12-14H,1-4,9-11H2,(H,25,26)(H,27,29). The number of benzene rings is 1. The Morgan fingerprint density at radius 1 is 1.17 bits per heavy atom. The van der Waals surface area contributed by atoms with Crippen molar-refractivity contribution in [2.75, 3.05) is 0 Å². The van der Waals surface area contributed by atoms with Crippen molar-refractivity contribution >= 4 is 11.7 Å². The summed E-state index contributed by atoms with van der Waals surface area (Å²) in [6.45, 7) is 0. The minimum absolute atomic E-state index is 0.00815. The van der Waals surface area contributed by atoms with Gasteiger partial charge in [0.05, 0.1) is 23.6 Å². The van der Waals surface area contributed by atoms with Gasteiger partial charge in [-0.15, -0.1) is 0 Å². The van der Waals surface area contributed by atoms with Gasteiger partial charge in [0.25, 0.3) is 5.89 Å². The Hall–Kier alpha value is -3.29. The number of unbranched alkanes of at least 4 members (excludes halogenated alkanes) is 2. The smallest absolute Gasteiger partial charge is 0.263 e. The van der Waals surface area contributed by atoms with Crippen LogP contribution in [0.3, 0.4) is 0 Å². The number of carbonyl (C=O) groups is 2. The Kier molecular flexibility index (Phi) is 5.74. The van der Waals surface area contributed by atoms with Crippen LogP contribution in [0.4, 0.5) is 4.39 Å². The Bertz CT molecular complexity index is 1010. The number of imidazole rings is 1. The van der Waals surface area contributed by atoms with Crippen molar-refractivity contribution in [3.63, 3.8) is 0 Å². The highest BCUT2D eigenvalue weighted by atomic mass is 19.1. The molecule has 0 spiro atoms. The number of rotatable bonds is 9. The Labute approximate surface area is 173 Å². The minimum Gasteiger partial charge on any atom is -0.442 e. The lowest BCUT2D eigenvalue weighted by Crippen LogP contribution is -2.39. The molecule has 7 nitrogen and oxygen atoms in total. The first-order chi connectivity index (χ1) is 14.6. The van der Waals surface area contributed by atoms with E-state index in [1.807, 2.05) is 0 Å². The maximum atomic E-state index is 13.2. The lowest BCUT2D eigenvalue weighted by molar-refractivity contribution is -0.120. The van der Waals surface area contributed by atoms with Crippen molar-refractivity contribution in [1.82, 2.24) is 20.3 Å². The number of oxazole rings is 1. The second-order valence-electron chi connectivity index (χ2n) is 7.60. The van der Waals surface area contributed by atoms with Gasteiger partial charge in [0.15, 0.2) is 0 Å². The number of hydrogen-bond donors (Lipinski definition) is 2. The van der Waals surface area contributed by atoms with Crippen molar-refractivity contribution in [2.45, 2.75) is 50.5 Å². The maximum Gasteiger partial charge on any atom is 0.263 e. The zero-order valence-electron chi connectivity index (χ0n) is 16.5. The number of nitrogens with one attached hydrogen (secondary N) is 2. The average Bonchev–Trinajstić information content (AvgIpc) is 3.50. The topological polar surface area (TPSA) is 101 Å². The van der Waals surface area contributed by atoms with Gasteiger partial charge in [0, 0.05) is 12.8 Å². The largest absolute Gasteiger partial charge is 0.442 e. The Morgan fingerprint density at radius 2 is 2.00 bits per heavy atom. The van der Waals surface area contributed by atoms with E-state index >= 15 is 0 Å². The van der Waals surface area contributed by atoms with Crippen molar-refractivity contribution < 1.29 is 18.4 Å². The minimum atomic E-state index is -0.540. The van der Waals surface area contributed by atoms with Gasteiger partial charge >= 0.3 is 0 Å². The highest BCUT2D eigenvalue weighted by Crippen LogP contribution is 2.36. The SMILES string of the molecule is O=C1CCC(CCCCCC(=O)c2ncco2)(c2ncc(-c3ccc(F)cc3)[nH]2)N1. The van der Waals surface area contributed by atoms with Crippen LogP contribution in [0.2, 0.25) is 0 Å². The molecule has 1 aliphatic heterocycles. The molecule has 0 aliphatic carbocycles. The van der Waals surface area contributed by atoms with E-state index < -0.39 is 5.54 Å². The summed E-state index contributed by atoms with van der Waals surface area (Å²) in [5.74, 6) is 0.481. The summed E-state index contributed by atoms with van der Waals surface area (Å²) in [4.78, 5) is 35.7. The van der Waals surface area contributed by atoms with Crippen LogP contribution >= 0.6 is 0 Å². The molecule has 30 heavy (non-hydrogen) atoms. The molecule has 1 unspecified atom stereocenters. The number of aromatic amines is 1. The molecule has 2 N–H and O–H groups in total. The number of H-pyrrole nitrogens is 1. The van der Waals surface area contributed by atoms with E-state index in [9.17, 15) is 14.0 Å². The lowest BCUT2D eigenvalue weighted by atomic mass is 9.89. The molecule has 1 aromatic carbocycles. The molecule has 3 heterocycles. The second kappa shape index (κ2) is 8.61. The summed E-state index contributed by atoms with van der Waals surface area (Å²) < 4.78 is 18.2. The summed E-state index contributed by atoms with van der Waals surface area (Å²) in [7, 11) is 0. The molecule has 0 saturated carbocycles. The summed E-state index contributed by atoms with van der Waals surface area (Å²) >= 11 is 0. The van der Waals surface area contributed by atoms with Crippen LogP contribution in [0.15, 0.2) is 47.3 Å². The summed E-state index contributed by atoms with van der Waals surface area (Å²) in [5.41, 5.74) is 1.07. The third kappa shape index (κ3) is 4.32. The van der Waals surface area contributed by atoms with E-state index in [4.69, 9.17) is 4.42 Å². The maximum absolute atomic E-state index is 13.2. The number of ketones is 1. The fourth-order valence-electron chi connectivity index (χ4n) is 3.90. The first kappa shape index (κ1) is 20.0. The summed E-state index contributed by atoms with van der Waals surface area (Å²) in [6.07, 6.45) is 9.20.